The first-order chi connectivity index (χ1) is 13.4. The molecule has 0 aromatic carbocycles. The number of carbonyl (C=O) groups excluding carboxylic acids is 1. The molecular formula is C22H29N3OS2. The van der Waals surface area contributed by atoms with E-state index in [2.05, 4.69) is 36.1 Å². The second-order valence-corrected chi connectivity index (χ2v) is 11.7. The summed E-state index contributed by atoms with van der Waals surface area (Å²) < 4.78 is 0. The third-order valence-electron chi connectivity index (χ3n) is 7.65. The number of aryl methyl sites for hydroxylation is 2. The van der Waals surface area contributed by atoms with Crippen molar-refractivity contribution < 1.29 is 4.79 Å². The van der Waals surface area contributed by atoms with Crippen molar-refractivity contribution >= 4 is 39.2 Å². The van der Waals surface area contributed by atoms with Gasteiger partial charge in [-0.3, -0.25) is 4.79 Å². The zero-order valence-corrected chi connectivity index (χ0v) is 18.6. The zero-order valence-electron chi connectivity index (χ0n) is 17.0. The van der Waals surface area contributed by atoms with E-state index in [-0.39, 0.29) is 11.9 Å². The van der Waals surface area contributed by atoms with Gasteiger partial charge in [-0.05, 0) is 88.0 Å². The molecule has 6 rings (SSSR count). The quantitative estimate of drug-likeness (QED) is 0.544. The summed E-state index contributed by atoms with van der Waals surface area (Å²) >= 11 is 3.25. The van der Waals surface area contributed by atoms with Gasteiger partial charge >= 0.3 is 0 Å². The highest BCUT2D eigenvalue weighted by Crippen LogP contribution is 2.61. The normalized spacial score (nSPS) is 32.0. The van der Waals surface area contributed by atoms with E-state index in [0.717, 1.165) is 33.0 Å². The Morgan fingerprint density at radius 3 is 2.50 bits per heavy atom. The molecule has 0 saturated heterocycles. The summed E-state index contributed by atoms with van der Waals surface area (Å²) in [5, 5.41) is 5.43. The van der Waals surface area contributed by atoms with E-state index < -0.39 is 0 Å². The highest BCUT2D eigenvalue weighted by molar-refractivity contribution is 8.00. The van der Waals surface area contributed by atoms with Crippen LogP contribution in [0.25, 0.3) is 10.2 Å². The molecule has 4 saturated carbocycles. The van der Waals surface area contributed by atoms with Gasteiger partial charge in [0.1, 0.15) is 16.2 Å². The van der Waals surface area contributed by atoms with Crippen molar-refractivity contribution in [1.82, 2.24) is 15.3 Å². The van der Waals surface area contributed by atoms with Crippen molar-refractivity contribution in [3.8, 4) is 0 Å². The number of nitrogens with one attached hydrogen (secondary N) is 1. The largest absolute Gasteiger partial charge is 0.352 e. The van der Waals surface area contributed by atoms with Gasteiger partial charge in [-0.2, -0.15) is 0 Å². The topological polar surface area (TPSA) is 54.9 Å². The highest BCUT2D eigenvalue weighted by Gasteiger charge is 2.53. The average Bonchev–Trinajstić information content (AvgIpc) is 2.93. The van der Waals surface area contributed by atoms with E-state index in [9.17, 15) is 4.79 Å². The number of thioether (sulfide) groups is 1. The molecular weight excluding hydrogens is 386 g/mol. The van der Waals surface area contributed by atoms with Gasteiger partial charge in [0.2, 0.25) is 5.91 Å². The molecule has 4 bridgehead atoms. The van der Waals surface area contributed by atoms with Crippen LogP contribution in [-0.2, 0) is 4.79 Å². The van der Waals surface area contributed by atoms with Gasteiger partial charge in [0.25, 0.3) is 0 Å². The van der Waals surface area contributed by atoms with Crippen LogP contribution in [0.15, 0.2) is 11.4 Å². The summed E-state index contributed by atoms with van der Waals surface area (Å²) in [6.45, 7) is 6.50. The number of thiophene rings is 1. The van der Waals surface area contributed by atoms with Crippen molar-refractivity contribution in [1.29, 1.82) is 0 Å². The van der Waals surface area contributed by atoms with E-state index in [1.807, 2.05) is 0 Å². The molecule has 0 spiro atoms. The first-order valence-electron chi connectivity index (χ1n) is 10.6. The molecule has 4 aliphatic carbocycles. The Balaban J connectivity index is 1.25. The molecule has 1 N–H and O–H groups in total. The summed E-state index contributed by atoms with van der Waals surface area (Å²) in [5.74, 6) is 3.32. The van der Waals surface area contributed by atoms with Crippen molar-refractivity contribution in [2.45, 2.75) is 70.4 Å². The highest BCUT2D eigenvalue weighted by atomic mass is 32.2. The van der Waals surface area contributed by atoms with Crippen LogP contribution in [0.3, 0.4) is 0 Å². The third-order valence-corrected chi connectivity index (χ3v) is 9.76. The van der Waals surface area contributed by atoms with Gasteiger partial charge in [-0.25, -0.2) is 9.97 Å². The van der Waals surface area contributed by atoms with Crippen LogP contribution in [0.2, 0.25) is 0 Å². The minimum absolute atomic E-state index is 0.143. The Bertz CT molecular complexity index is 887. The molecule has 150 valence electrons. The Kier molecular flexibility index (Phi) is 4.70. The molecule has 28 heavy (non-hydrogen) atoms. The summed E-state index contributed by atoms with van der Waals surface area (Å²) in [4.78, 5) is 23.9. The fourth-order valence-corrected chi connectivity index (χ4v) is 8.47. The van der Waals surface area contributed by atoms with Crippen LogP contribution in [-0.4, -0.2) is 27.7 Å². The van der Waals surface area contributed by atoms with Crippen LogP contribution < -0.4 is 5.32 Å². The van der Waals surface area contributed by atoms with Gasteiger partial charge in [0, 0.05) is 16.3 Å². The minimum atomic E-state index is 0.143. The molecule has 2 heterocycles. The number of fused-ring (bicyclic) bond motifs is 1. The van der Waals surface area contributed by atoms with E-state index in [1.54, 1.807) is 29.4 Å². The summed E-state index contributed by atoms with van der Waals surface area (Å²) in [6, 6.07) is 0.282. The van der Waals surface area contributed by atoms with Gasteiger partial charge in [0.05, 0.1) is 5.75 Å². The molecule has 4 nitrogen and oxygen atoms in total. The van der Waals surface area contributed by atoms with Crippen LogP contribution in [0.1, 0.15) is 55.9 Å². The summed E-state index contributed by atoms with van der Waals surface area (Å²) in [6.07, 6.45) is 9.93. The average molecular weight is 416 g/mol. The SMILES string of the molecule is Cc1sc2ncnc(SCC(=O)N[C@@H](C)C34CC5CC(CC(C5)C3)C4)c2c1C. The molecule has 2 aromatic rings. The third kappa shape index (κ3) is 3.17. The first-order valence-corrected chi connectivity index (χ1v) is 12.4. The Labute approximate surface area is 175 Å². The van der Waals surface area contributed by atoms with Crippen LogP contribution in [0.4, 0.5) is 0 Å². The number of amides is 1. The van der Waals surface area contributed by atoms with Crippen molar-refractivity contribution in [2.24, 2.45) is 23.2 Å². The molecule has 4 fully saturated rings. The van der Waals surface area contributed by atoms with E-state index in [0.29, 0.717) is 11.2 Å². The lowest BCUT2D eigenvalue weighted by Crippen LogP contribution is -2.56. The number of hydrogen-bond acceptors (Lipinski definition) is 5. The van der Waals surface area contributed by atoms with Crippen LogP contribution in [0.5, 0.6) is 0 Å². The summed E-state index contributed by atoms with van der Waals surface area (Å²) in [5.41, 5.74) is 1.60. The van der Waals surface area contributed by atoms with Gasteiger partial charge in [0.15, 0.2) is 0 Å². The van der Waals surface area contributed by atoms with Crippen molar-refractivity contribution in [2.75, 3.05) is 5.75 Å². The molecule has 0 aliphatic heterocycles. The second-order valence-electron chi connectivity index (χ2n) is 9.50. The lowest BCUT2D eigenvalue weighted by molar-refractivity contribution is -0.123. The van der Waals surface area contributed by atoms with Crippen LogP contribution >= 0.6 is 23.1 Å². The maximum atomic E-state index is 12.8. The number of hydrogen-bond donors (Lipinski definition) is 1. The second kappa shape index (κ2) is 6.98. The maximum Gasteiger partial charge on any atom is 0.230 e. The predicted molar refractivity (Wildman–Crippen MR) is 116 cm³/mol. The van der Waals surface area contributed by atoms with E-state index >= 15 is 0 Å². The number of rotatable bonds is 5. The molecule has 4 aliphatic rings. The van der Waals surface area contributed by atoms with Crippen molar-refractivity contribution in [3.05, 3.63) is 16.8 Å². The van der Waals surface area contributed by atoms with E-state index in [4.69, 9.17) is 0 Å². The van der Waals surface area contributed by atoms with Crippen LogP contribution in [0, 0.1) is 37.0 Å². The molecule has 1 amide bonds. The summed E-state index contributed by atoms with van der Waals surface area (Å²) in [7, 11) is 0. The van der Waals surface area contributed by atoms with Gasteiger partial charge in [-0.15, -0.1) is 11.3 Å². The number of carbonyl (C=O) groups is 1. The van der Waals surface area contributed by atoms with Crippen molar-refractivity contribution in [3.63, 3.8) is 0 Å². The van der Waals surface area contributed by atoms with Gasteiger partial charge < -0.3 is 5.32 Å². The fourth-order valence-electron chi connectivity index (χ4n) is 6.54. The minimum Gasteiger partial charge on any atom is -0.352 e. The lowest BCUT2D eigenvalue weighted by Gasteiger charge is -2.59. The monoisotopic (exact) mass is 415 g/mol. The molecule has 1 atom stereocenters. The lowest BCUT2D eigenvalue weighted by atomic mass is 9.48. The Hall–Kier alpha value is -1.14. The Morgan fingerprint density at radius 1 is 1.21 bits per heavy atom. The van der Waals surface area contributed by atoms with E-state index in [1.165, 1.54) is 49.0 Å². The standard InChI is InChI=1S/C22H29N3OS2/c1-12-13(2)28-21-19(12)20(23-11-24-21)27-10-18(26)25-14(3)22-7-15-4-16(8-22)6-17(5-15)9-22/h11,14-17H,4-10H2,1-3H3,(H,25,26)/t14-,15?,16?,17?,22?/m0/s1. The number of nitrogens with zero attached hydrogens (tertiary/aromatic N) is 2. The molecule has 0 radical (unpaired) electrons. The number of aromatic nitrogens is 2. The molecule has 0 unspecified atom stereocenters. The Morgan fingerprint density at radius 2 is 1.86 bits per heavy atom. The molecule has 2 aromatic heterocycles. The zero-order chi connectivity index (χ0) is 19.5. The van der Waals surface area contributed by atoms with Gasteiger partial charge in [-0.1, -0.05) is 11.8 Å². The fraction of sp³-hybridized carbons (Fsp3) is 0.682. The molecule has 6 heteroatoms. The smallest absolute Gasteiger partial charge is 0.230 e. The maximum absolute atomic E-state index is 12.8. The first kappa shape index (κ1) is 18.9. The predicted octanol–water partition coefficient (Wildman–Crippen LogP) is 5.12.